The van der Waals surface area contributed by atoms with Crippen LogP contribution in [-0.2, 0) is 13.5 Å². The summed E-state index contributed by atoms with van der Waals surface area (Å²) < 4.78 is 7.20. The zero-order valence-corrected chi connectivity index (χ0v) is 15.4. The first-order valence-corrected chi connectivity index (χ1v) is 9.66. The first-order chi connectivity index (χ1) is 13.2. The summed E-state index contributed by atoms with van der Waals surface area (Å²) in [5.41, 5.74) is 12.0. The van der Waals surface area contributed by atoms with Crippen LogP contribution < -0.4 is 4.57 Å². The molecular formula is C23H19N4+. The van der Waals surface area contributed by atoms with Crippen LogP contribution in [-0.4, -0.2) is 14.0 Å². The minimum Gasteiger partial charge on any atom is -0.301 e. The third-order valence-electron chi connectivity index (χ3n) is 6.63. The van der Waals surface area contributed by atoms with Crippen LogP contribution in [0.5, 0.6) is 0 Å². The zero-order valence-electron chi connectivity index (χ0n) is 15.4. The van der Waals surface area contributed by atoms with Crippen LogP contribution in [0.25, 0.3) is 39.1 Å². The van der Waals surface area contributed by atoms with Crippen LogP contribution in [0.2, 0.25) is 0 Å². The second-order valence-corrected chi connectivity index (χ2v) is 8.00. The fraction of sp³-hybridized carbons (Fsp3) is 0.217. The minimum atomic E-state index is 0.383. The summed E-state index contributed by atoms with van der Waals surface area (Å²) in [4.78, 5) is 5.06. The van der Waals surface area contributed by atoms with E-state index in [9.17, 15) is 0 Å². The zero-order chi connectivity index (χ0) is 17.9. The average molecular weight is 351 g/mol. The molecule has 0 saturated carbocycles. The molecular weight excluding hydrogens is 332 g/mol. The van der Waals surface area contributed by atoms with Gasteiger partial charge in [0, 0.05) is 6.07 Å². The number of hydrogen-bond acceptors (Lipinski definition) is 1. The van der Waals surface area contributed by atoms with Crippen LogP contribution in [0, 0.1) is 6.92 Å². The molecule has 1 aliphatic heterocycles. The van der Waals surface area contributed by atoms with Gasteiger partial charge in [0.25, 0.3) is 0 Å². The lowest BCUT2D eigenvalue weighted by Gasteiger charge is -2.24. The van der Waals surface area contributed by atoms with E-state index in [0.29, 0.717) is 6.04 Å². The van der Waals surface area contributed by atoms with Crippen molar-refractivity contribution >= 4 is 27.8 Å². The highest BCUT2D eigenvalue weighted by Crippen LogP contribution is 2.49. The molecule has 5 aromatic rings. The van der Waals surface area contributed by atoms with Crippen molar-refractivity contribution in [2.75, 3.05) is 0 Å². The molecule has 27 heavy (non-hydrogen) atoms. The molecule has 0 radical (unpaired) electrons. The summed E-state index contributed by atoms with van der Waals surface area (Å²) in [6, 6.07) is 15.7. The Morgan fingerprint density at radius 3 is 2.89 bits per heavy atom. The molecule has 130 valence electrons. The van der Waals surface area contributed by atoms with E-state index in [-0.39, 0.29) is 0 Å². The van der Waals surface area contributed by atoms with E-state index in [2.05, 4.69) is 76.2 Å². The van der Waals surface area contributed by atoms with E-state index in [1.807, 2.05) is 0 Å². The van der Waals surface area contributed by atoms with Gasteiger partial charge in [-0.15, -0.1) is 0 Å². The number of aromatic nitrogens is 4. The van der Waals surface area contributed by atoms with Crippen molar-refractivity contribution in [1.82, 2.24) is 14.0 Å². The predicted octanol–water partition coefficient (Wildman–Crippen LogP) is 4.09. The smallest absolute Gasteiger partial charge is 0.220 e. The molecule has 2 aliphatic rings. The van der Waals surface area contributed by atoms with E-state index in [1.54, 1.807) is 0 Å². The molecule has 7 rings (SSSR count). The normalized spacial score (nSPS) is 17.3. The SMILES string of the molecule is Cc1ccc2c3c1-c1c4c(cc[n+]1C)CCC4n3c1nc3ccccc3n21. The number of imidazole rings is 2. The predicted molar refractivity (Wildman–Crippen MR) is 106 cm³/mol. The Kier molecular flexibility index (Phi) is 2.28. The fourth-order valence-corrected chi connectivity index (χ4v) is 5.52. The van der Waals surface area contributed by atoms with Gasteiger partial charge < -0.3 is 4.57 Å². The molecule has 2 aromatic carbocycles. The van der Waals surface area contributed by atoms with Crippen LogP contribution in [0.1, 0.15) is 29.2 Å². The van der Waals surface area contributed by atoms with Crippen molar-refractivity contribution in [3.05, 3.63) is 65.4 Å². The van der Waals surface area contributed by atoms with Crippen molar-refractivity contribution in [1.29, 1.82) is 0 Å². The number of pyridine rings is 1. The van der Waals surface area contributed by atoms with Crippen LogP contribution in [0.3, 0.4) is 0 Å². The van der Waals surface area contributed by atoms with Gasteiger partial charge in [-0.2, -0.15) is 0 Å². The third kappa shape index (κ3) is 1.45. The summed E-state index contributed by atoms with van der Waals surface area (Å²) in [6.07, 6.45) is 4.53. The minimum absolute atomic E-state index is 0.383. The Bertz CT molecular complexity index is 1450. The van der Waals surface area contributed by atoms with Gasteiger partial charge in [-0.05, 0) is 49.1 Å². The van der Waals surface area contributed by atoms with Gasteiger partial charge >= 0.3 is 0 Å². The summed E-state index contributed by atoms with van der Waals surface area (Å²) in [6.45, 7) is 2.24. The fourth-order valence-electron chi connectivity index (χ4n) is 5.52. The van der Waals surface area contributed by atoms with Gasteiger partial charge in [-0.25, -0.2) is 9.55 Å². The highest BCUT2D eigenvalue weighted by molar-refractivity contribution is 6.01. The van der Waals surface area contributed by atoms with Gasteiger partial charge in [0.1, 0.15) is 7.05 Å². The number of rotatable bonds is 0. The molecule has 0 N–H and O–H groups in total. The van der Waals surface area contributed by atoms with Gasteiger partial charge in [0.15, 0.2) is 6.20 Å². The molecule has 0 spiro atoms. The molecule has 0 amide bonds. The summed E-state index contributed by atoms with van der Waals surface area (Å²) >= 11 is 0. The van der Waals surface area contributed by atoms with E-state index < -0.39 is 0 Å². The number of para-hydroxylation sites is 2. The Labute approximate surface area is 156 Å². The Morgan fingerprint density at radius 2 is 1.96 bits per heavy atom. The lowest BCUT2D eigenvalue weighted by molar-refractivity contribution is -0.660. The van der Waals surface area contributed by atoms with Crippen LogP contribution in [0.15, 0.2) is 48.7 Å². The molecule has 4 heterocycles. The summed E-state index contributed by atoms with van der Waals surface area (Å²) in [5, 5.41) is 0. The maximum absolute atomic E-state index is 5.06. The first kappa shape index (κ1) is 14.0. The summed E-state index contributed by atoms with van der Waals surface area (Å²) in [5.74, 6) is 1.08. The number of fused-ring (bicyclic) bond motifs is 7. The van der Waals surface area contributed by atoms with Crippen molar-refractivity contribution in [2.45, 2.75) is 25.8 Å². The lowest BCUT2D eigenvalue weighted by atomic mass is 9.92. The lowest BCUT2D eigenvalue weighted by Crippen LogP contribution is -2.34. The number of hydrogen-bond donors (Lipinski definition) is 0. The number of aryl methyl sites for hydroxylation is 3. The summed E-state index contributed by atoms with van der Waals surface area (Å²) in [7, 11) is 2.18. The molecule has 3 aromatic heterocycles. The number of benzene rings is 2. The third-order valence-corrected chi connectivity index (χ3v) is 6.63. The largest absolute Gasteiger partial charge is 0.301 e. The van der Waals surface area contributed by atoms with E-state index >= 15 is 0 Å². The second-order valence-electron chi connectivity index (χ2n) is 8.00. The molecule has 1 unspecified atom stereocenters. The van der Waals surface area contributed by atoms with Gasteiger partial charge in [-0.3, -0.25) is 4.40 Å². The molecule has 0 fully saturated rings. The second kappa shape index (κ2) is 4.39. The Morgan fingerprint density at radius 1 is 1.07 bits per heavy atom. The Balaban J connectivity index is 1.81. The standard InChI is InChI=1S/C23H19N4/c1-13-7-9-18-21-19(13)22-20-14(11-12-25(22)2)8-10-17(20)27(21)23-24-15-5-3-4-6-16(15)26(18)23/h3-7,9,11-12,17H,8,10H2,1-2H3/q+1. The quantitative estimate of drug-likeness (QED) is 0.386. The highest BCUT2D eigenvalue weighted by Gasteiger charge is 2.40. The van der Waals surface area contributed by atoms with Crippen LogP contribution >= 0.6 is 0 Å². The van der Waals surface area contributed by atoms with Crippen molar-refractivity contribution < 1.29 is 4.57 Å². The Hall–Kier alpha value is -3.14. The monoisotopic (exact) mass is 351 g/mol. The van der Waals surface area contributed by atoms with Gasteiger partial charge in [0.2, 0.25) is 11.5 Å². The van der Waals surface area contributed by atoms with E-state index in [1.165, 1.54) is 44.5 Å². The van der Waals surface area contributed by atoms with Crippen LogP contribution in [0.4, 0.5) is 0 Å². The van der Waals surface area contributed by atoms with Gasteiger partial charge in [0.05, 0.1) is 39.2 Å². The van der Waals surface area contributed by atoms with Crippen molar-refractivity contribution in [3.8, 4) is 11.3 Å². The van der Waals surface area contributed by atoms with E-state index in [4.69, 9.17) is 4.98 Å². The molecule has 0 saturated heterocycles. The highest BCUT2D eigenvalue weighted by atomic mass is 15.2. The molecule has 4 heteroatoms. The maximum Gasteiger partial charge on any atom is 0.220 e. The average Bonchev–Trinajstić information content (AvgIpc) is 3.34. The van der Waals surface area contributed by atoms with Gasteiger partial charge in [-0.1, -0.05) is 18.2 Å². The maximum atomic E-state index is 5.06. The number of nitrogens with zero attached hydrogens (tertiary/aromatic N) is 4. The van der Waals surface area contributed by atoms with Crippen molar-refractivity contribution in [2.24, 2.45) is 7.05 Å². The van der Waals surface area contributed by atoms with E-state index in [0.717, 1.165) is 24.1 Å². The molecule has 4 nitrogen and oxygen atoms in total. The topological polar surface area (TPSA) is 26.1 Å². The molecule has 1 aliphatic carbocycles. The van der Waals surface area contributed by atoms with Crippen molar-refractivity contribution in [3.63, 3.8) is 0 Å². The molecule has 0 bridgehead atoms. The molecule has 1 atom stereocenters. The first-order valence-electron chi connectivity index (χ1n) is 9.66.